The molecule has 1 aliphatic rings. The molecule has 2 heterocycles. The second-order valence-corrected chi connectivity index (χ2v) is 7.62. The molecule has 0 radical (unpaired) electrons. The molecule has 166 valence electrons. The molecular formula is C23H31N5O3. The lowest BCUT2D eigenvalue weighted by molar-refractivity contribution is -0.133. The smallest absolute Gasteiger partial charge is 0.274 e. The minimum atomic E-state index is -0.204. The van der Waals surface area contributed by atoms with Gasteiger partial charge in [0.1, 0.15) is 5.69 Å². The number of nitrogens with zero attached hydrogens (tertiary/aromatic N) is 5. The summed E-state index contributed by atoms with van der Waals surface area (Å²) >= 11 is 0. The molecule has 1 aromatic carbocycles. The molecule has 0 N–H and O–H groups in total. The zero-order valence-electron chi connectivity index (χ0n) is 18.2. The van der Waals surface area contributed by atoms with Gasteiger partial charge in [0.15, 0.2) is 0 Å². The summed E-state index contributed by atoms with van der Waals surface area (Å²) in [6.07, 6.45) is 5.50. The predicted octanol–water partition coefficient (Wildman–Crippen LogP) is 1.69. The van der Waals surface area contributed by atoms with E-state index in [1.807, 2.05) is 11.0 Å². The Kier molecular flexibility index (Phi) is 8.93. The molecule has 31 heavy (non-hydrogen) atoms. The summed E-state index contributed by atoms with van der Waals surface area (Å²) in [7, 11) is 1.63. The zero-order valence-corrected chi connectivity index (χ0v) is 18.2. The SMILES string of the molecule is COCCCN(CCC(=O)N1CCN(Cc2ccccc2)CC1)C(=O)c1cnccn1. The van der Waals surface area contributed by atoms with E-state index in [0.29, 0.717) is 51.3 Å². The van der Waals surface area contributed by atoms with E-state index in [0.717, 1.165) is 19.6 Å². The lowest BCUT2D eigenvalue weighted by Gasteiger charge is -2.35. The van der Waals surface area contributed by atoms with E-state index in [9.17, 15) is 9.59 Å². The third-order valence-electron chi connectivity index (χ3n) is 5.42. The fourth-order valence-electron chi connectivity index (χ4n) is 3.67. The van der Waals surface area contributed by atoms with Gasteiger partial charge in [-0.1, -0.05) is 30.3 Å². The van der Waals surface area contributed by atoms with Crippen molar-refractivity contribution in [2.75, 3.05) is 53.0 Å². The van der Waals surface area contributed by atoms with Gasteiger partial charge in [0.2, 0.25) is 5.91 Å². The average Bonchev–Trinajstić information content (AvgIpc) is 2.82. The van der Waals surface area contributed by atoms with Gasteiger partial charge in [-0.05, 0) is 12.0 Å². The zero-order chi connectivity index (χ0) is 21.9. The molecule has 3 rings (SSSR count). The van der Waals surface area contributed by atoms with Crippen LogP contribution in [0.25, 0.3) is 0 Å². The minimum absolute atomic E-state index is 0.0862. The molecule has 1 saturated heterocycles. The minimum Gasteiger partial charge on any atom is -0.385 e. The van der Waals surface area contributed by atoms with Crippen molar-refractivity contribution >= 4 is 11.8 Å². The van der Waals surface area contributed by atoms with Crippen molar-refractivity contribution in [2.45, 2.75) is 19.4 Å². The first-order chi connectivity index (χ1) is 15.2. The Morgan fingerprint density at radius 2 is 1.84 bits per heavy atom. The van der Waals surface area contributed by atoms with Crippen LogP contribution in [-0.4, -0.2) is 89.5 Å². The first kappa shape index (κ1) is 22.8. The first-order valence-electron chi connectivity index (χ1n) is 10.8. The summed E-state index contributed by atoms with van der Waals surface area (Å²) in [5, 5.41) is 0. The van der Waals surface area contributed by atoms with Crippen LogP contribution in [-0.2, 0) is 16.1 Å². The van der Waals surface area contributed by atoms with Crippen molar-refractivity contribution in [3.8, 4) is 0 Å². The molecule has 8 nitrogen and oxygen atoms in total. The van der Waals surface area contributed by atoms with Gasteiger partial charge < -0.3 is 14.5 Å². The second kappa shape index (κ2) is 12.1. The number of hydrogen-bond acceptors (Lipinski definition) is 6. The predicted molar refractivity (Wildman–Crippen MR) is 117 cm³/mol. The van der Waals surface area contributed by atoms with Gasteiger partial charge in [-0.2, -0.15) is 0 Å². The molecular weight excluding hydrogens is 394 g/mol. The normalized spacial score (nSPS) is 14.4. The molecule has 0 bridgehead atoms. The molecule has 0 spiro atoms. The lowest BCUT2D eigenvalue weighted by Crippen LogP contribution is -2.49. The molecule has 0 atom stereocenters. The highest BCUT2D eigenvalue weighted by molar-refractivity contribution is 5.92. The number of amides is 2. The number of hydrogen-bond donors (Lipinski definition) is 0. The monoisotopic (exact) mass is 425 g/mol. The van der Waals surface area contributed by atoms with Crippen LogP contribution >= 0.6 is 0 Å². The Morgan fingerprint density at radius 1 is 1.06 bits per heavy atom. The number of carbonyl (C=O) groups excluding carboxylic acids is 2. The first-order valence-corrected chi connectivity index (χ1v) is 10.8. The fourth-order valence-corrected chi connectivity index (χ4v) is 3.67. The Hall–Kier alpha value is -2.84. The standard InChI is InChI=1S/C23H31N5O3/c1-31-17-5-11-28(23(30)21-18-24-9-10-25-21)12-8-22(29)27-15-13-26(14-16-27)19-20-6-3-2-4-7-20/h2-4,6-7,9-10,18H,5,8,11-17,19H2,1H3. The van der Waals surface area contributed by atoms with Crippen LogP contribution in [0.15, 0.2) is 48.9 Å². The summed E-state index contributed by atoms with van der Waals surface area (Å²) < 4.78 is 5.11. The van der Waals surface area contributed by atoms with Gasteiger partial charge in [0.05, 0.1) is 6.20 Å². The van der Waals surface area contributed by atoms with Crippen molar-refractivity contribution in [3.63, 3.8) is 0 Å². The molecule has 2 aromatic rings. The highest BCUT2D eigenvalue weighted by Gasteiger charge is 2.23. The Balaban J connectivity index is 1.48. The van der Waals surface area contributed by atoms with E-state index in [-0.39, 0.29) is 11.8 Å². The number of ether oxygens (including phenoxy) is 1. The molecule has 2 amide bonds. The molecule has 0 saturated carbocycles. The van der Waals surface area contributed by atoms with Crippen LogP contribution in [0.5, 0.6) is 0 Å². The number of piperazine rings is 1. The van der Waals surface area contributed by atoms with Crippen molar-refractivity contribution in [3.05, 3.63) is 60.2 Å². The quantitative estimate of drug-likeness (QED) is 0.539. The van der Waals surface area contributed by atoms with E-state index in [1.54, 1.807) is 12.0 Å². The van der Waals surface area contributed by atoms with E-state index >= 15 is 0 Å². The van der Waals surface area contributed by atoms with Crippen LogP contribution < -0.4 is 0 Å². The number of carbonyl (C=O) groups is 2. The van der Waals surface area contributed by atoms with Crippen molar-refractivity contribution in [2.24, 2.45) is 0 Å². The maximum Gasteiger partial charge on any atom is 0.274 e. The van der Waals surface area contributed by atoms with Crippen molar-refractivity contribution in [1.29, 1.82) is 0 Å². The van der Waals surface area contributed by atoms with Crippen LogP contribution in [0.2, 0.25) is 0 Å². The third kappa shape index (κ3) is 7.11. The van der Waals surface area contributed by atoms with Crippen LogP contribution in [0.4, 0.5) is 0 Å². The Bertz CT molecular complexity index is 810. The summed E-state index contributed by atoms with van der Waals surface area (Å²) in [5.41, 5.74) is 1.58. The van der Waals surface area contributed by atoms with Gasteiger partial charge in [0, 0.05) is 78.3 Å². The second-order valence-electron chi connectivity index (χ2n) is 7.62. The largest absolute Gasteiger partial charge is 0.385 e. The maximum absolute atomic E-state index is 12.8. The third-order valence-corrected chi connectivity index (χ3v) is 5.42. The highest BCUT2D eigenvalue weighted by atomic mass is 16.5. The highest BCUT2D eigenvalue weighted by Crippen LogP contribution is 2.10. The number of methoxy groups -OCH3 is 1. The van der Waals surface area contributed by atoms with Gasteiger partial charge in [-0.3, -0.25) is 19.5 Å². The van der Waals surface area contributed by atoms with Crippen LogP contribution in [0.3, 0.4) is 0 Å². The average molecular weight is 426 g/mol. The van der Waals surface area contributed by atoms with Crippen molar-refractivity contribution in [1.82, 2.24) is 24.7 Å². The van der Waals surface area contributed by atoms with Crippen molar-refractivity contribution < 1.29 is 14.3 Å². The number of aromatic nitrogens is 2. The van der Waals surface area contributed by atoms with E-state index in [4.69, 9.17) is 4.74 Å². The van der Waals surface area contributed by atoms with E-state index in [2.05, 4.69) is 39.1 Å². The lowest BCUT2D eigenvalue weighted by atomic mass is 10.2. The molecule has 0 unspecified atom stereocenters. The summed E-state index contributed by atoms with van der Waals surface area (Å²) in [6, 6.07) is 10.4. The number of rotatable bonds is 10. The summed E-state index contributed by atoms with van der Waals surface area (Å²) in [5.74, 6) is -0.118. The molecule has 1 aromatic heterocycles. The molecule has 1 fully saturated rings. The van der Waals surface area contributed by atoms with Gasteiger partial charge in [-0.15, -0.1) is 0 Å². The topological polar surface area (TPSA) is 78.9 Å². The Labute approximate surface area is 183 Å². The maximum atomic E-state index is 12.8. The van der Waals surface area contributed by atoms with Crippen LogP contribution in [0, 0.1) is 0 Å². The Morgan fingerprint density at radius 3 is 2.52 bits per heavy atom. The summed E-state index contributed by atoms with van der Waals surface area (Å²) in [4.78, 5) is 39.6. The van der Waals surface area contributed by atoms with Gasteiger partial charge >= 0.3 is 0 Å². The number of benzene rings is 1. The van der Waals surface area contributed by atoms with E-state index < -0.39 is 0 Å². The molecule has 1 aliphatic heterocycles. The van der Waals surface area contributed by atoms with E-state index in [1.165, 1.54) is 24.2 Å². The summed E-state index contributed by atoms with van der Waals surface area (Å²) in [6.45, 7) is 5.49. The molecule has 8 heteroatoms. The van der Waals surface area contributed by atoms with Gasteiger partial charge in [-0.25, -0.2) is 4.98 Å². The van der Waals surface area contributed by atoms with Gasteiger partial charge in [0.25, 0.3) is 5.91 Å². The molecule has 0 aliphatic carbocycles. The van der Waals surface area contributed by atoms with Crippen LogP contribution in [0.1, 0.15) is 28.9 Å². The fraction of sp³-hybridized carbons (Fsp3) is 0.478.